The normalized spacial score (nSPS) is 15.6. The van der Waals surface area contributed by atoms with E-state index in [1.54, 1.807) is 6.08 Å². The molecule has 4 heteroatoms. The van der Waals surface area contributed by atoms with Gasteiger partial charge in [0.15, 0.2) is 0 Å². The van der Waals surface area contributed by atoms with Gasteiger partial charge in [0.2, 0.25) is 0 Å². The summed E-state index contributed by atoms with van der Waals surface area (Å²) in [4.78, 5) is 14.5. The summed E-state index contributed by atoms with van der Waals surface area (Å²) >= 11 is 0. The molecular formula is C18H26N2O2. The Morgan fingerprint density at radius 2 is 2.05 bits per heavy atom. The van der Waals surface area contributed by atoms with Crippen LogP contribution < -0.4 is 10.1 Å². The summed E-state index contributed by atoms with van der Waals surface area (Å²) < 4.78 is 5.44. The fraction of sp³-hybridized carbons (Fsp3) is 0.500. The van der Waals surface area contributed by atoms with E-state index < -0.39 is 0 Å². The third-order valence-corrected chi connectivity index (χ3v) is 4.05. The molecule has 120 valence electrons. The molecule has 1 aromatic carbocycles. The number of nitrogens with one attached hydrogen (secondary N) is 1. The van der Waals surface area contributed by atoms with Crippen molar-refractivity contribution < 1.29 is 9.53 Å². The molecule has 0 aliphatic carbocycles. The first kappa shape index (κ1) is 16.6. The minimum Gasteiger partial charge on any atom is -0.490 e. The van der Waals surface area contributed by atoms with Crippen molar-refractivity contribution in [1.29, 1.82) is 0 Å². The standard InChI is InChI=1S/C18H26N2O2/c1-3-13-22-17-7-5-16(6-8-17)18(21)20-11-9-15(10-12-20)14-19-4-2/h3,5-8,15,19H,1,4,9-14H2,2H3. The molecule has 1 aromatic rings. The van der Waals surface area contributed by atoms with Crippen LogP contribution in [-0.2, 0) is 0 Å². The zero-order valence-corrected chi connectivity index (χ0v) is 13.4. The van der Waals surface area contributed by atoms with Gasteiger partial charge in [-0.05, 0) is 56.1 Å². The van der Waals surface area contributed by atoms with E-state index in [1.807, 2.05) is 29.2 Å². The summed E-state index contributed by atoms with van der Waals surface area (Å²) in [6.45, 7) is 10.0. The highest BCUT2D eigenvalue weighted by Gasteiger charge is 2.23. The van der Waals surface area contributed by atoms with Crippen LogP contribution in [0.2, 0.25) is 0 Å². The van der Waals surface area contributed by atoms with Crippen LogP contribution in [0.15, 0.2) is 36.9 Å². The number of likely N-dealkylation sites (tertiary alicyclic amines) is 1. The molecule has 22 heavy (non-hydrogen) atoms. The van der Waals surface area contributed by atoms with Gasteiger partial charge in [0.05, 0.1) is 0 Å². The average molecular weight is 302 g/mol. The zero-order chi connectivity index (χ0) is 15.8. The maximum Gasteiger partial charge on any atom is 0.253 e. The largest absolute Gasteiger partial charge is 0.490 e. The highest BCUT2D eigenvalue weighted by atomic mass is 16.5. The highest BCUT2D eigenvalue weighted by molar-refractivity contribution is 5.94. The molecule has 4 nitrogen and oxygen atoms in total. The first-order chi connectivity index (χ1) is 10.7. The summed E-state index contributed by atoms with van der Waals surface area (Å²) in [5, 5.41) is 3.39. The molecule has 1 amide bonds. The molecule has 1 heterocycles. The summed E-state index contributed by atoms with van der Waals surface area (Å²) in [6, 6.07) is 7.36. The molecule has 0 bridgehead atoms. The van der Waals surface area contributed by atoms with Gasteiger partial charge in [0.25, 0.3) is 5.91 Å². The number of piperidine rings is 1. The summed E-state index contributed by atoms with van der Waals surface area (Å²) in [7, 11) is 0. The third kappa shape index (κ3) is 4.60. The van der Waals surface area contributed by atoms with Gasteiger partial charge in [-0.25, -0.2) is 0 Å². The third-order valence-electron chi connectivity index (χ3n) is 4.05. The van der Waals surface area contributed by atoms with Crippen molar-refractivity contribution in [3.05, 3.63) is 42.5 Å². The van der Waals surface area contributed by atoms with Crippen molar-refractivity contribution in [3.63, 3.8) is 0 Å². The van der Waals surface area contributed by atoms with Crippen LogP contribution in [0.4, 0.5) is 0 Å². The predicted molar refractivity (Wildman–Crippen MR) is 89.3 cm³/mol. The second-order valence-corrected chi connectivity index (χ2v) is 5.67. The maximum atomic E-state index is 12.5. The Hall–Kier alpha value is -1.81. The molecule has 0 spiro atoms. The van der Waals surface area contributed by atoms with Crippen molar-refractivity contribution in [2.45, 2.75) is 19.8 Å². The molecule has 1 saturated heterocycles. The van der Waals surface area contributed by atoms with E-state index in [1.165, 1.54) is 0 Å². The Bertz CT molecular complexity index is 476. The van der Waals surface area contributed by atoms with Crippen molar-refractivity contribution >= 4 is 5.91 Å². The number of ether oxygens (including phenoxy) is 1. The molecule has 2 rings (SSSR count). The van der Waals surface area contributed by atoms with Crippen molar-refractivity contribution in [2.75, 3.05) is 32.8 Å². The second-order valence-electron chi connectivity index (χ2n) is 5.67. The number of carbonyl (C=O) groups is 1. The molecule has 0 saturated carbocycles. The molecule has 0 unspecified atom stereocenters. The van der Waals surface area contributed by atoms with Gasteiger partial charge in [0, 0.05) is 18.7 Å². The predicted octanol–water partition coefficient (Wildman–Crippen LogP) is 2.71. The van der Waals surface area contributed by atoms with Crippen molar-refractivity contribution in [1.82, 2.24) is 10.2 Å². The van der Waals surface area contributed by atoms with Gasteiger partial charge in [-0.2, -0.15) is 0 Å². The van der Waals surface area contributed by atoms with Gasteiger partial charge < -0.3 is 15.0 Å². The maximum absolute atomic E-state index is 12.5. The van der Waals surface area contributed by atoms with Crippen LogP contribution in [-0.4, -0.2) is 43.6 Å². The minimum absolute atomic E-state index is 0.122. The number of amides is 1. The Morgan fingerprint density at radius 1 is 1.36 bits per heavy atom. The topological polar surface area (TPSA) is 41.6 Å². The number of rotatable bonds is 7. The molecule has 1 aliphatic rings. The van der Waals surface area contributed by atoms with Crippen LogP contribution >= 0.6 is 0 Å². The Balaban J connectivity index is 1.85. The molecule has 0 aromatic heterocycles. The fourth-order valence-corrected chi connectivity index (χ4v) is 2.72. The lowest BCUT2D eigenvalue weighted by Crippen LogP contribution is -2.40. The number of carbonyl (C=O) groups excluding carboxylic acids is 1. The molecule has 1 fully saturated rings. The first-order valence-corrected chi connectivity index (χ1v) is 8.08. The monoisotopic (exact) mass is 302 g/mol. The second kappa shape index (κ2) is 8.59. The Morgan fingerprint density at radius 3 is 2.64 bits per heavy atom. The van der Waals surface area contributed by atoms with Crippen LogP contribution in [0.1, 0.15) is 30.1 Å². The quantitative estimate of drug-likeness (QED) is 0.787. The summed E-state index contributed by atoms with van der Waals surface area (Å²) in [5.41, 5.74) is 0.732. The van der Waals surface area contributed by atoms with Gasteiger partial charge in [-0.1, -0.05) is 19.6 Å². The molecular weight excluding hydrogens is 276 g/mol. The van der Waals surface area contributed by atoms with E-state index in [4.69, 9.17) is 4.74 Å². The van der Waals surface area contributed by atoms with E-state index in [0.29, 0.717) is 12.5 Å². The molecule has 0 atom stereocenters. The van der Waals surface area contributed by atoms with Crippen LogP contribution in [0.25, 0.3) is 0 Å². The van der Waals surface area contributed by atoms with E-state index in [9.17, 15) is 4.79 Å². The average Bonchev–Trinajstić information content (AvgIpc) is 2.58. The summed E-state index contributed by atoms with van der Waals surface area (Å²) in [5.74, 6) is 1.58. The number of hydrogen-bond donors (Lipinski definition) is 1. The van der Waals surface area contributed by atoms with Crippen molar-refractivity contribution in [3.8, 4) is 5.75 Å². The number of nitrogens with zero attached hydrogens (tertiary/aromatic N) is 1. The first-order valence-electron chi connectivity index (χ1n) is 8.08. The Labute approximate surface area is 133 Å². The van der Waals surface area contributed by atoms with Crippen LogP contribution in [0.5, 0.6) is 5.75 Å². The SMILES string of the molecule is C=CCOc1ccc(C(=O)N2CCC(CNCC)CC2)cc1. The van der Waals surface area contributed by atoms with E-state index in [2.05, 4.69) is 18.8 Å². The van der Waals surface area contributed by atoms with Gasteiger partial charge in [-0.3, -0.25) is 4.79 Å². The van der Waals surface area contributed by atoms with E-state index in [0.717, 1.165) is 50.3 Å². The van der Waals surface area contributed by atoms with Gasteiger partial charge >= 0.3 is 0 Å². The lowest BCUT2D eigenvalue weighted by molar-refractivity contribution is 0.0690. The smallest absolute Gasteiger partial charge is 0.253 e. The van der Waals surface area contributed by atoms with E-state index >= 15 is 0 Å². The lowest BCUT2D eigenvalue weighted by Gasteiger charge is -2.32. The van der Waals surface area contributed by atoms with Gasteiger partial charge in [0.1, 0.15) is 12.4 Å². The highest BCUT2D eigenvalue weighted by Crippen LogP contribution is 2.20. The van der Waals surface area contributed by atoms with Gasteiger partial charge in [-0.15, -0.1) is 0 Å². The molecule has 1 N–H and O–H groups in total. The summed E-state index contributed by atoms with van der Waals surface area (Å²) in [6.07, 6.45) is 3.87. The zero-order valence-electron chi connectivity index (χ0n) is 13.4. The lowest BCUT2D eigenvalue weighted by atomic mass is 9.96. The van der Waals surface area contributed by atoms with E-state index in [-0.39, 0.29) is 5.91 Å². The fourth-order valence-electron chi connectivity index (χ4n) is 2.72. The minimum atomic E-state index is 0.122. The molecule has 1 aliphatic heterocycles. The van der Waals surface area contributed by atoms with Crippen LogP contribution in [0.3, 0.4) is 0 Å². The van der Waals surface area contributed by atoms with Crippen LogP contribution in [0, 0.1) is 5.92 Å². The Kier molecular flexibility index (Phi) is 6.46. The number of benzene rings is 1. The molecule has 0 radical (unpaired) electrons. The number of hydrogen-bond acceptors (Lipinski definition) is 3. The van der Waals surface area contributed by atoms with Crippen molar-refractivity contribution in [2.24, 2.45) is 5.92 Å².